The predicted octanol–water partition coefficient (Wildman–Crippen LogP) is 4.91. The minimum Gasteiger partial charge on any atom is -0.506 e. The summed E-state index contributed by atoms with van der Waals surface area (Å²) in [6.45, 7) is 0. The first-order valence-corrected chi connectivity index (χ1v) is 7.67. The van der Waals surface area contributed by atoms with E-state index in [1.807, 2.05) is 24.3 Å². The Morgan fingerprint density at radius 2 is 1.64 bits per heavy atom. The van der Waals surface area contributed by atoms with E-state index >= 15 is 0 Å². The fraction of sp³-hybridized carbons (Fsp3) is 0.0526. The molecule has 1 N–H and O–H groups in total. The third-order valence-electron chi connectivity index (χ3n) is 3.88. The van der Waals surface area contributed by atoms with E-state index in [2.05, 4.69) is 20.2 Å². The van der Waals surface area contributed by atoms with Gasteiger partial charge in [-0.05, 0) is 36.4 Å². The molecule has 6 heteroatoms. The number of pyridine rings is 2. The van der Waals surface area contributed by atoms with Crippen molar-refractivity contribution in [2.45, 2.75) is 0 Å². The molecule has 0 radical (unpaired) electrons. The van der Waals surface area contributed by atoms with Crippen molar-refractivity contribution in [1.82, 2.24) is 9.97 Å². The van der Waals surface area contributed by atoms with E-state index in [4.69, 9.17) is 4.74 Å². The number of hydrogen-bond donors (Lipinski definition) is 1. The highest BCUT2D eigenvalue weighted by molar-refractivity contribution is 5.94. The number of nitrogens with zero attached hydrogens (tertiary/aromatic N) is 4. The molecule has 2 aromatic heterocycles. The first-order chi connectivity index (χ1) is 12.3. The van der Waals surface area contributed by atoms with Gasteiger partial charge in [0.2, 0.25) is 0 Å². The van der Waals surface area contributed by atoms with Gasteiger partial charge >= 0.3 is 0 Å². The third kappa shape index (κ3) is 2.74. The van der Waals surface area contributed by atoms with Gasteiger partial charge in [0, 0.05) is 29.2 Å². The van der Waals surface area contributed by atoms with E-state index in [1.165, 1.54) is 0 Å². The number of aromatic nitrogens is 2. The van der Waals surface area contributed by atoms with E-state index in [0.717, 1.165) is 16.3 Å². The van der Waals surface area contributed by atoms with Gasteiger partial charge in [0.25, 0.3) is 0 Å². The molecule has 0 spiro atoms. The quantitative estimate of drug-likeness (QED) is 0.541. The minimum absolute atomic E-state index is 0.114. The van der Waals surface area contributed by atoms with E-state index in [0.29, 0.717) is 22.6 Å². The first-order valence-electron chi connectivity index (χ1n) is 7.67. The zero-order chi connectivity index (χ0) is 17.2. The van der Waals surface area contributed by atoms with Crippen LogP contribution in [0.1, 0.15) is 0 Å². The monoisotopic (exact) mass is 330 g/mol. The van der Waals surface area contributed by atoms with Gasteiger partial charge in [0.1, 0.15) is 22.7 Å². The number of aromatic hydroxyl groups is 1. The summed E-state index contributed by atoms with van der Waals surface area (Å²) in [6, 6.07) is 14.4. The van der Waals surface area contributed by atoms with Crippen molar-refractivity contribution in [3.05, 3.63) is 60.9 Å². The first kappa shape index (κ1) is 15.0. The highest BCUT2D eigenvalue weighted by Crippen LogP contribution is 2.34. The van der Waals surface area contributed by atoms with Crippen LogP contribution < -0.4 is 4.74 Å². The summed E-state index contributed by atoms with van der Waals surface area (Å²) in [5, 5.41) is 20.3. The number of benzene rings is 2. The number of rotatable bonds is 3. The van der Waals surface area contributed by atoms with Gasteiger partial charge in [-0.2, -0.15) is 0 Å². The van der Waals surface area contributed by atoms with Crippen LogP contribution in [0.3, 0.4) is 0 Å². The summed E-state index contributed by atoms with van der Waals surface area (Å²) in [4.78, 5) is 8.57. The summed E-state index contributed by atoms with van der Waals surface area (Å²) >= 11 is 0. The minimum atomic E-state index is 0.114. The lowest BCUT2D eigenvalue weighted by Gasteiger charge is -2.05. The molecule has 2 aromatic carbocycles. The van der Waals surface area contributed by atoms with E-state index in [1.54, 1.807) is 43.8 Å². The van der Waals surface area contributed by atoms with Crippen LogP contribution in [0.2, 0.25) is 0 Å². The Labute approximate surface area is 143 Å². The SMILES string of the molecule is COc1cc(N=Nc2ccc(O)c3ncccc23)c2ncccc2c1. The maximum Gasteiger partial charge on any atom is 0.141 e. The van der Waals surface area contributed by atoms with Crippen LogP contribution in [-0.2, 0) is 0 Å². The molecule has 0 saturated carbocycles. The van der Waals surface area contributed by atoms with Gasteiger partial charge in [0.15, 0.2) is 0 Å². The van der Waals surface area contributed by atoms with Crippen LogP contribution in [0.15, 0.2) is 71.2 Å². The van der Waals surface area contributed by atoms with Crippen molar-refractivity contribution in [1.29, 1.82) is 0 Å². The Morgan fingerprint density at radius 3 is 2.48 bits per heavy atom. The molecule has 0 aliphatic rings. The fourth-order valence-corrected chi connectivity index (χ4v) is 2.68. The molecule has 0 atom stereocenters. The molecule has 4 rings (SSSR count). The van der Waals surface area contributed by atoms with Crippen molar-refractivity contribution >= 4 is 33.2 Å². The van der Waals surface area contributed by atoms with Crippen molar-refractivity contribution in [2.75, 3.05) is 7.11 Å². The summed E-state index contributed by atoms with van der Waals surface area (Å²) in [5.74, 6) is 0.801. The molecule has 0 aliphatic heterocycles. The molecular weight excluding hydrogens is 316 g/mol. The number of ether oxygens (including phenoxy) is 1. The maximum atomic E-state index is 9.93. The Morgan fingerprint density at radius 1 is 0.880 bits per heavy atom. The van der Waals surface area contributed by atoms with Crippen LogP contribution in [0.25, 0.3) is 21.8 Å². The van der Waals surface area contributed by atoms with E-state index < -0.39 is 0 Å². The molecule has 0 amide bonds. The van der Waals surface area contributed by atoms with Crippen LogP contribution in [-0.4, -0.2) is 22.2 Å². The number of phenolic OH excluding ortho intramolecular Hbond substituents is 1. The van der Waals surface area contributed by atoms with Crippen molar-refractivity contribution in [2.24, 2.45) is 10.2 Å². The van der Waals surface area contributed by atoms with Gasteiger partial charge < -0.3 is 9.84 Å². The molecule has 4 aromatic rings. The van der Waals surface area contributed by atoms with Crippen LogP contribution in [0, 0.1) is 0 Å². The number of fused-ring (bicyclic) bond motifs is 2. The lowest BCUT2D eigenvalue weighted by molar-refractivity contribution is 0.415. The normalized spacial score (nSPS) is 11.4. The zero-order valence-corrected chi connectivity index (χ0v) is 13.4. The Bertz CT molecular complexity index is 1110. The fourth-order valence-electron chi connectivity index (χ4n) is 2.68. The van der Waals surface area contributed by atoms with E-state index in [-0.39, 0.29) is 5.75 Å². The average Bonchev–Trinajstić information content (AvgIpc) is 2.67. The van der Waals surface area contributed by atoms with Gasteiger partial charge in [-0.3, -0.25) is 9.97 Å². The summed E-state index contributed by atoms with van der Waals surface area (Å²) in [6.07, 6.45) is 3.34. The van der Waals surface area contributed by atoms with Crippen molar-refractivity contribution in [3.63, 3.8) is 0 Å². The predicted molar refractivity (Wildman–Crippen MR) is 95.9 cm³/mol. The largest absolute Gasteiger partial charge is 0.506 e. The zero-order valence-electron chi connectivity index (χ0n) is 13.4. The molecule has 25 heavy (non-hydrogen) atoms. The number of azo groups is 1. The van der Waals surface area contributed by atoms with Crippen LogP contribution in [0.4, 0.5) is 11.4 Å². The van der Waals surface area contributed by atoms with Crippen molar-refractivity contribution in [3.8, 4) is 11.5 Å². The number of methoxy groups -OCH3 is 1. The number of hydrogen-bond acceptors (Lipinski definition) is 6. The van der Waals surface area contributed by atoms with Gasteiger partial charge in [-0.15, -0.1) is 10.2 Å². The summed E-state index contributed by atoms with van der Waals surface area (Å²) in [5.41, 5.74) is 2.47. The Kier molecular flexibility index (Phi) is 3.70. The van der Waals surface area contributed by atoms with Crippen LogP contribution >= 0.6 is 0 Å². The second-order valence-corrected chi connectivity index (χ2v) is 5.43. The van der Waals surface area contributed by atoms with Gasteiger partial charge in [-0.25, -0.2) is 0 Å². The molecule has 0 fully saturated rings. The molecule has 0 saturated heterocycles. The summed E-state index contributed by atoms with van der Waals surface area (Å²) in [7, 11) is 1.61. The molecule has 0 bridgehead atoms. The molecule has 122 valence electrons. The van der Waals surface area contributed by atoms with Crippen molar-refractivity contribution < 1.29 is 9.84 Å². The lowest BCUT2D eigenvalue weighted by Crippen LogP contribution is -1.85. The Balaban J connectivity index is 1.86. The molecule has 0 aliphatic carbocycles. The number of phenols is 1. The smallest absolute Gasteiger partial charge is 0.141 e. The average molecular weight is 330 g/mol. The van der Waals surface area contributed by atoms with Gasteiger partial charge in [-0.1, -0.05) is 6.07 Å². The highest BCUT2D eigenvalue weighted by atomic mass is 16.5. The molecule has 2 heterocycles. The third-order valence-corrected chi connectivity index (χ3v) is 3.88. The second kappa shape index (κ2) is 6.16. The molecule has 0 unspecified atom stereocenters. The topological polar surface area (TPSA) is 80.0 Å². The summed E-state index contributed by atoms with van der Waals surface area (Å²) < 4.78 is 5.33. The van der Waals surface area contributed by atoms with Crippen LogP contribution in [0.5, 0.6) is 11.5 Å². The lowest BCUT2D eigenvalue weighted by atomic mass is 10.1. The Hall–Kier alpha value is -3.54. The maximum absolute atomic E-state index is 9.93. The molecule has 6 nitrogen and oxygen atoms in total. The van der Waals surface area contributed by atoms with Gasteiger partial charge in [0.05, 0.1) is 18.3 Å². The highest BCUT2D eigenvalue weighted by Gasteiger charge is 2.08. The second-order valence-electron chi connectivity index (χ2n) is 5.43. The standard InChI is InChI=1S/C19H14N4O2/c1-25-13-10-12-4-2-8-20-18(12)16(11-13)23-22-15-6-7-17(24)19-14(15)5-3-9-21-19/h2-11,24H,1H3. The molecular formula is C19H14N4O2. The van der Waals surface area contributed by atoms with E-state index in [9.17, 15) is 5.11 Å².